The van der Waals surface area contributed by atoms with Crippen LogP contribution in [0.2, 0.25) is 0 Å². The van der Waals surface area contributed by atoms with Gasteiger partial charge in [-0.1, -0.05) is 19.1 Å². The van der Waals surface area contributed by atoms with E-state index in [1.807, 2.05) is 10.6 Å². The molecule has 4 heteroatoms. The standard InChI is InChI=1S/C4H8S2.CS2/c1-3-4(5)6-2;2-1-3/h3H2,1-2H3;. The zero-order valence-corrected chi connectivity index (χ0v) is 8.61. The first-order valence-electron chi connectivity index (χ1n) is 2.29. The lowest BCUT2D eigenvalue weighted by Crippen LogP contribution is -1.77. The minimum absolute atomic E-state index is 1.02. The fourth-order valence-corrected chi connectivity index (χ4v) is 0.433. The van der Waals surface area contributed by atoms with Gasteiger partial charge in [-0.2, -0.15) is 0 Å². The second kappa shape index (κ2) is 11.5. The van der Waals surface area contributed by atoms with E-state index >= 15 is 0 Å². The Morgan fingerprint density at radius 2 is 1.89 bits per heavy atom. The lowest BCUT2D eigenvalue weighted by Gasteiger charge is -1.85. The van der Waals surface area contributed by atoms with Crippen molar-refractivity contribution in [2.75, 3.05) is 6.26 Å². The summed E-state index contributed by atoms with van der Waals surface area (Å²) in [6.07, 6.45) is 3.03. The van der Waals surface area contributed by atoms with E-state index < -0.39 is 0 Å². The predicted molar refractivity (Wildman–Crippen MR) is 56.6 cm³/mol. The topological polar surface area (TPSA) is 0 Å². The van der Waals surface area contributed by atoms with Crippen molar-refractivity contribution in [1.82, 2.24) is 0 Å². The van der Waals surface area contributed by atoms with Gasteiger partial charge in [0.05, 0.1) is 0 Å². The van der Waals surface area contributed by atoms with E-state index in [9.17, 15) is 0 Å². The Morgan fingerprint density at radius 3 is 1.89 bits per heavy atom. The Balaban J connectivity index is 0. The average molecular weight is 196 g/mol. The average Bonchev–Trinajstić information content (AvgIpc) is 1.88. The zero-order valence-electron chi connectivity index (χ0n) is 5.34. The van der Waals surface area contributed by atoms with Crippen LogP contribution in [0.25, 0.3) is 0 Å². The summed E-state index contributed by atoms with van der Waals surface area (Å²) in [5.41, 5.74) is 0. The number of rotatable bonds is 1. The Labute approximate surface area is 76.4 Å². The number of hydrogen-bond acceptors (Lipinski definition) is 4. The molecule has 0 aliphatic rings. The molecule has 0 fully saturated rings. The lowest BCUT2D eigenvalue weighted by atomic mass is 10.6. The Kier molecular flexibility index (Phi) is 15.7. The molecule has 0 saturated carbocycles. The monoisotopic (exact) mass is 196 g/mol. The molecule has 0 unspecified atom stereocenters. The van der Waals surface area contributed by atoms with Crippen LogP contribution in [0, 0.1) is 0 Å². The highest BCUT2D eigenvalue weighted by molar-refractivity contribution is 8.22. The molecule has 0 rings (SSSR count). The highest BCUT2D eigenvalue weighted by atomic mass is 32.2. The van der Waals surface area contributed by atoms with Gasteiger partial charge < -0.3 is 0 Å². The third-order valence-electron chi connectivity index (χ3n) is 0.516. The lowest BCUT2D eigenvalue weighted by molar-refractivity contribution is 1.35. The molecule has 0 heterocycles. The molecule has 0 saturated heterocycles. The SMILES string of the molecule is CCC(=S)SC.S=C=S. The van der Waals surface area contributed by atoms with Crippen LogP contribution in [0.3, 0.4) is 0 Å². The first-order chi connectivity index (χ1) is 4.22. The Hall–Kier alpha value is 0.660. The maximum Gasteiger partial charge on any atom is 0.0473 e. The molecule has 0 N–H and O–H groups in total. The Bertz CT molecular complexity index is 95.5. The minimum Gasteiger partial charge on any atom is -0.122 e. The summed E-state index contributed by atoms with van der Waals surface area (Å²) in [6, 6.07) is 0. The van der Waals surface area contributed by atoms with Gasteiger partial charge in [-0.25, -0.2) is 0 Å². The minimum atomic E-state index is 1.02. The number of thioether (sulfide) groups is 1. The fourth-order valence-electron chi connectivity index (χ4n) is 0.144. The van der Waals surface area contributed by atoms with E-state index in [-0.39, 0.29) is 0 Å². The van der Waals surface area contributed by atoms with E-state index in [2.05, 4.69) is 31.4 Å². The highest BCUT2D eigenvalue weighted by Gasteiger charge is 1.81. The summed E-state index contributed by atoms with van der Waals surface area (Å²) >= 11 is 14.4. The molecule has 0 radical (unpaired) electrons. The predicted octanol–water partition coefficient (Wildman–Crippen LogP) is 3.10. The summed E-state index contributed by atoms with van der Waals surface area (Å²) in [7, 11) is 0. The maximum atomic E-state index is 4.82. The van der Waals surface area contributed by atoms with Crippen molar-refractivity contribution in [3.63, 3.8) is 0 Å². The first kappa shape index (κ1) is 12.3. The third-order valence-corrected chi connectivity index (χ3v) is 2.05. The summed E-state index contributed by atoms with van der Waals surface area (Å²) in [4.78, 5) is 0. The van der Waals surface area contributed by atoms with Gasteiger partial charge in [-0.15, -0.1) is 11.8 Å². The van der Waals surface area contributed by atoms with Gasteiger partial charge >= 0.3 is 0 Å². The van der Waals surface area contributed by atoms with Crippen molar-refractivity contribution in [1.29, 1.82) is 0 Å². The van der Waals surface area contributed by atoms with Crippen LogP contribution in [0.15, 0.2) is 0 Å². The molecule has 0 bridgehead atoms. The molecule has 0 atom stereocenters. The van der Waals surface area contributed by atoms with Crippen molar-refractivity contribution in [2.24, 2.45) is 0 Å². The summed E-state index contributed by atoms with van der Waals surface area (Å²) < 4.78 is 3.01. The molecule has 0 amide bonds. The molecular formula is C5H8S4. The van der Waals surface area contributed by atoms with E-state index in [4.69, 9.17) is 12.2 Å². The van der Waals surface area contributed by atoms with Crippen LogP contribution in [-0.4, -0.2) is 14.8 Å². The Morgan fingerprint density at radius 1 is 1.56 bits per heavy atom. The van der Waals surface area contributed by atoms with Crippen molar-refractivity contribution in [3.05, 3.63) is 0 Å². The number of hydrogen-bond donors (Lipinski definition) is 0. The van der Waals surface area contributed by atoms with E-state index in [1.165, 1.54) is 0 Å². The molecule has 0 aliphatic heterocycles. The quantitative estimate of drug-likeness (QED) is 0.591. The van der Waals surface area contributed by atoms with Crippen LogP contribution >= 0.6 is 48.4 Å². The molecule has 0 aromatic carbocycles. The van der Waals surface area contributed by atoms with E-state index in [1.54, 1.807) is 11.8 Å². The van der Waals surface area contributed by atoms with Crippen molar-refractivity contribution < 1.29 is 0 Å². The summed E-state index contributed by atoms with van der Waals surface area (Å²) in [6.45, 7) is 2.07. The van der Waals surface area contributed by atoms with Gasteiger partial charge in [0.25, 0.3) is 0 Å². The van der Waals surface area contributed by atoms with Crippen LogP contribution in [0.4, 0.5) is 0 Å². The van der Waals surface area contributed by atoms with Gasteiger partial charge in [0, 0.05) is 8.51 Å². The van der Waals surface area contributed by atoms with Crippen LogP contribution in [-0.2, 0) is 0 Å². The second-order valence-corrected chi connectivity index (χ2v) is 3.33. The van der Waals surface area contributed by atoms with Gasteiger partial charge in [0.15, 0.2) is 0 Å². The third kappa shape index (κ3) is 17.7. The first-order valence-corrected chi connectivity index (χ1v) is 4.73. The molecule has 0 spiro atoms. The molecule has 0 aliphatic carbocycles. The largest absolute Gasteiger partial charge is 0.122 e. The highest BCUT2D eigenvalue weighted by Crippen LogP contribution is 1.99. The molecule has 0 aromatic rings. The second-order valence-electron chi connectivity index (χ2n) is 1.01. The van der Waals surface area contributed by atoms with Crippen LogP contribution in [0.1, 0.15) is 13.3 Å². The molecular weight excluding hydrogens is 188 g/mol. The molecule has 0 aromatic heterocycles. The van der Waals surface area contributed by atoms with Gasteiger partial charge in [0.2, 0.25) is 0 Å². The maximum absolute atomic E-state index is 4.82. The van der Waals surface area contributed by atoms with E-state index in [0.717, 1.165) is 10.6 Å². The molecule has 52 valence electrons. The molecule has 9 heavy (non-hydrogen) atoms. The summed E-state index contributed by atoms with van der Waals surface area (Å²) in [5, 5.41) is 0. The zero-order chi connectivity index (χ0) is 7.70. The fraction of sp³-hybridized carbons (Fsp3) is 0.600. The van der Waals surface area contributed by atoms with Crippen molar-refractivity contribution >= 4 is 56.9 Å². The van der Waals surface area contributed by atoms with Crippen molar-refractivity contribution in [2.45, 2.75) is 13.3 Å². The van der Waals surface area contributed by atoms with E-state index in [0.29, 0.717) is 0 Å². The van der Waals surface area contributed by atoms with Gasteiger partial charge in [0.1, 0.15) is 0 Å². The van der Waals surface area contributed by atoms with Crippen LogP contribution in [0.5, 0.6) is 0 Å². The van der Waals surface area contributed by atoms with Gasteiger partial charge in [-0.05, 0) is 37.1 Å². The van der Waals surface area contributed by atoms with Gasteiger partial charge in [-0.3, -0.25) is 0 Å². The van der Waals surface area contributed by atoms with Crippen LogP contribution < -0.4 is 0 Å². The number of thiocarbonyl (C=S) groups is 3. The normalized spacial score (nSPS) is 6.44. The smallest absolute Gasteiger partial charge is 0.0473 e. The van der Waals surface area contributed by atoms with Crippen molar-refractivity contribution in [3.8, 4) is 0 Å². The molecule has 0 nitrogen and oxygen atoms in total. The summed E-state index contributed by atoms with van der Waals surface area (Å²) in [5.74, 6) is 0.